The Morgan fingerprint density at radius 3 is 2.50 bits per heavy atom. The van der Waals surface area contributed by atoms with E-state index in [2.05, 4.69) is 5.32 Å². The highest BCUT2D eigenvalue weighted by molar-refractivity contribution is 7.89. The Kier molecular flexibility index (Phi) is 7.76. The Bertz CT molecular complexity index is 1100. The van der Waals surface area contributed by atoms with Crippen LogP contribution in [0, 0.1) is 0 Å². The number of hydrogen-bond donors (Lipinski definition) is 1. The number of hydrogen-bond acceptors (Lipinski definition) is 5. The lowest BCUT2D eigenvalue weighted by Gasteiger charge is -2.27. The summed E-state index contributed by atoms with van der Waals surface area (Å²) in [5, 5.41) is 3.09. The molecule has 3 rings (SSSR count). The van der Waals surface area contributed by atoms with E-state index in [-0.39, 0.29) is 17.0 Å². The molecule has 2 aromatic carbocycles. The van der Waals surface area contributed by atoms with Gasteiger partial charge in [-0.3, -0.25) is 9.59 Å². The standard InChI is InChI=1S/C22H26ClN3O5S/c1-25(15-21(27)24-18-14-16(23)10-11-19(18)31-2)22(28)17-8-4-5-9-20(17)32(29,30)26-12-6-3-7-13-26/h4-5,8-11,14H,3,6-7,12-13,15H2,1-2H3,(H,24,27). The van der Waals surface area contributed by atoms with Gasteiger partial charge in [0.05, 0.1) is 29.8 Å². The minimum atomic E-state index is -3.81. The Balaban J connectivity index is 1.77. The van der Waals surface area contributed by atoms with Crippen LogP contribution >= 0.6 is 11.6 Å². The molecule has 1 N–H and O–H groups in total. The molecule has 172 valence electrons. The van der Waals surface area contributed by atoms with Gasteiger partial charge in [-0.25, -0.2) is 8.42 Å². The van der Waals surface area contributed by atoms with Crippen molar-refractivity contribution in [3.8, 4) is 5.75 Å². The Labute approximate surface area is 193 Å². The number of halogens is 1. The van der Waals surface area contributed by atoms with Crippen LogP contribution in [-0.4, -0.2) is 63.2 Å². The second-order valence-electron chi connectivity index (χ2n) is 7.51. The molecule has 10 heteroatoms. The third kappa shape index (κ3) is 5.40. The van der Waals surface area contributed by atoms with E-state index in [9.17, 15) is 18.0 Å². The Morgan fingerprint density at radius 1 is 1.12 bits per heavy atom. The predicted molar refractivity (Wildman–Crippen MR) is 123 cm³/mol. The fourth-order valence-corrected chi connectivity index (χ4v) is 5.45. The normalized spacial score (nSPS) is 14.6. The highest BCUT2D eigenvalue weighted by Gasteiger charge is 2.30. The van der Waals surface area contributed by atoms with Crippen molar-refractivity contribution in [2.24, 2.45) is 0 Å². The minimum absolute atomic E-state index is 0.0358. The molecule has 0 aliphatic carbocycles. The number of carbonyl (C=O) groups is 2. The molecular formula is C22H26ClN3O5S. The van der Waals surface area contributed by atoms with Crippen LogP contribution in [-0.2, 0) is 14.8 Å². The summed E-state index contributed by atoms with van der Waals surface area (Å²) in [4.78, 5) is 26.7. The number of piperidine rings is 1. The summed E-state index contributed by atoms with van der Waals surface area (Å²) in [5.41, 5.74) is 0.410. The molecule has 32 heavy (non-hydrogen) atoms. The predicted octanol–water partition coefficient (Wildman–Crippen LogP) is 3.23. The van der Waals surface area contributed by atoms with Crippen LogP contribution in [0.15, 0.2) is 47.4 Å². The van der Waals surface area contributed by atoms with Crippen LogP contribution in [0.5, 0.6) is 5.75 Å². The summed E-state index contributed by atoms with van der Waals surface area (Å²) in [6.07, 6.45) is 2.58. The van der Waals surface area contributed by atoms with E-state index in [4.69, 9.17) is 16.3 Å². The first-order valence-electron chi connectivity index (χ1n) is 10.2. The van der Waals surface area contributed by atoms with Gasteiger partial charge < -0.3 is 15.0 Å². The highest BCUT2D eigenvalue weighted by atomic mass is 35.5. The van der Waals surface area contributed by atoms with Gasteiger partial charge in [0.1, 0.15) is 5.75 Å². The average Bonchev–Trinajstić information content (AvgIpc) is 2.79. The molecule has 1 aliphatic rings. The van der Waals surface area contributed by atoms with Gasteiger partial charge in [-0.15, -0.1) is 0 Å². The Hall–Kier alpha value is -2.62. The summed E-state index contributed by atoms with van der Waals surface area (Å²) < 4.78 is 32.9. The van der Waals surface area contributed by atoms with Crippen molar-refractivity contribution in [3.05, 3.63) is 53.1 Å². The van der Waals surface area contributed by atoms with Gasteiger partial charge in [0.25, 0.3) is 5.91 Å². The van der Waals surface area contributed by atoms with Crippen molar-refractivity contribution in [2.45, 2.75) is 24.2 Å². The van der Waals surface area contributed by atoms with E-state index in [1.807, 2.05) is 0 Å². The summed E-state index contributed by atoms with van der Waals surface area (Å²) in [6.45, 7) is 0.585. The van der Waals surface area contributed by atoms with Crippen LogP contribution in [0.3, 0.4) is 0 Å². The molecule has 2 amide bonds. The maximum absolute atomic E-state index is 13.2. The first-order chi connectivity index (χ1) is 15.2. The van der Waals surface area contributed by atoms with E-state index in [1.54, 1.807) is 30.3 Å². The first-order valence-corrected chi connectivity index (χ1v) is 12.0. The van der Waals surface area contributed by atoms with E-state index in [1.165, 1.54) is 35.5 Å². The summed E-state index contributed by atoms with van der Waals surface area (Å²) >= 11 is 5.99. The molecule has 1 fully saturated rings. The number of methoxy groups -OCH3 is 1. The van der Waals surface area contributed by atoms with Crippen molar-refractivity contribution in [3.63, 3.8) is 0 Å². The number of likely N-dealkylation sites (N-methyl/N-ethyl adjacent to an activating group) is 1. The molecular weight excluding hydrogens is 454 g/mol. The third-order valence-electron chi connectivity index (χ3n) is 5.21. The zero-order chi connectivity index (χ0) is 23.3. The van der Waals surface area contributed by atoms with Gasteiger partial charge in [-0.2, -0.15) is 4.31 Å². The zero-order valence-electron chi connectivity index (χ0n) is 18.0. The van der Waals surface area contributed by atoms with Gasteiger partial charge in [0.2, 0.25) is 15.9 Å². The van der Waals surface area contributed by atoms with Gasteiger partial charge in [-0.1, -0.05) is 30.2 Å². The molecule has 0 radical (unpaired) electrons. The van der Waals surface area contributed by atoms with Crippen molar-refractivity contribution in [1.82, 2.24) is 9.21 Å². The quantitative estimate of drug-likeness (QED) is 0.657. The van der Waals surface area contributed by atoms with E-state index in [0.29, 0.717) is 29.5 Å². The molecule has 8 nitrogen and oxygen atoms in total. The number of anilines is 1. The third-order valence-corrected chi connectivity index (χ3v) is 7.41. The van der Waals surface area contributed by atoms with Gasteiger partial charge in [0, 0.05) is 25.2 Å². The number of nitrogens with zero attached hydrogens (tertiary/aromatic N) is 2. The van der Waals surface area contributed by atoms with E-state index < -0.39 is 21.8 Å². The van der Waals surface area contributed by atoms with Crippen LogP contribution in [0.4, 0.5) is 5.69 Å². The molecule has 1 heterocycles. The molecule has 0 saturated carbocycles. The van der Waals surface area contributed by atoms with Crippen molar-refractivity contribution in [2.75, 3.05) is 39.1 Å². The lowest BCUT2D eigenvalue weighted by atomic mass is 10.2. The summed E-state index contributed by atoms with van der Waals surface area (Å²) in [6, 6.07) is 10.9. The SMILES string of the molecule is COc1ccc(Cl)cc1NC(=O)CN(C)C(=O)c1ccccc1S(=O)(=O)N1CCCCC1. The largest absolute Gasteiger partial charge is 0.495 e. The smallest absolute Gasteiger partial charge is 0.255 e. The number of amides is 2. The van der Waals surface area contributed by atoms with Crippen molar-refractivity contribution < 1.29 is 22.7 Å². The molecule has 1 aliphatic heterocycles. The fraction of sp³-hybridized carbons (Fsp3) is 0.364. The summed E-state index contributed by atoms with van der Waals surface area (Å²) in [7, 11) is -0.896. The second kappa shape index (κ2) is 10.3. The first kappa shape index (κ1) is 24.0. The van der Waals surface area contributed by atoms with Crippen LogP contribution < -0.4 is 10.1 Å². The van der Waals surface area contributed by atoms with E-state index in [0.717, 1.165) is 19.3 Å². The van der Waals surface area contributed by atoms with Crippen LogP contribution in [0.25, 0.3) is 0 Å². The van der Waals surface area contributed by atoms with Gasteiger partial charge in [-0.05, 0) is 43.2 Å². The topological polar surface area (TPSA) is 96.0 Å². The molecule has 0 aromatic heterocycles. The van der Waals surface area contributed by atoms with Gasteiger partial charge >= 0.3 is 0 Å². The molecule has 2 aromatic rings. The number of rotatable bonds is 7. The zero-order valence-corrected chi connectivity index (χ0v) is 19.6. The second-order valence-corrected chi connectivity index (χ2v) is 9.86. The van der Waals surface area contributed by atoms with Crippen molar-refractivity contribution >= 4 is 39.1 Å². The molecule has 0 atom stereocenters. The van der Waals surface area contributed by atoms with E-state index >= 15 is 0 Å². The molecule has 0 unspecified atom stereocenters. The molecule has 0 spiro atoms. The number of nitrogens with one attached hydrogen (secondary N) is 1. The van der Waals surface area contributed by atoms with Crippen molar-refractivity contribution in [1.29, 1.82) is 0 Å². The number of sulfonamides is 1. The van der Waals surface area contributed by atoms with Crippen LogP contribution in [0.2, 0.25) is 5.02 Å². The number of ether oxygens (including phenoxy) is 1. The average molecular weight is 480 g/mol. The monoisotopic (exact) mass is 479 g/mol. The molecule has 0 bridgehead atoms. The molecule has 1 saturated heterocycles. The fourth-order valence-electron chi connectivity index (χ4n) is 3.57. The van der Waals surface area contributed by atoms with Gasteiger partial charge in [0.15, 0.2) is 0 Å². The Morgan fingerprint density at radius 2 is 1.81 bits per heavy atom. The lowest BCUT2D eigenvalue weighted by molar-refractivity contribution is -0.116. The minimum Gasteiger partial charge on any atom is -0.495 e. The number of carbonyl (C=O) groups excluding carboxylic acids is 2. The highest BCUT2D eigenvalue weighted by Crippen LogP contribution is 2.28. The summed E-state index contributed by atoms with van der Waals surface area (Å²) in [5.74, 6) is -0.609. The van der Waals surface area contributed by atoms with Crippen LogP contribution in [0.1, 0.15) is 29.6 Å². The maximum atomic E-state index is 13.2. The number of benzene rings is 2. The lowest BCUT2D eigenvalue weighted by Crippen LogP contribution is -2.38. The maximum Gasteiger partial charge on any atom is 0.255 e.